The topological polar surface area (TPSA) is 88.2 Å². The Bertz CT molecular complexity index is 858. The second-order valence-corrected chi connectivity index (χ2v) is 6.87. The molecule has 2 aromatic carbocycles. The minimum absolute atomic E-state index is 0.419. The summed E-state index contributed by atoms with van der Waals surface area (Å²) in [7, 11) is 0. The van der Waals surface area contributed by atoms with Gasteiger partial charge in [-0.3, -0.25) is 4.79 Å². The zero-order valence-electron chi connectivity index (χ0n) is 13.8. The first kappa shape index (κ1) is 17.3. The zero-order valence-corrected chi connectivity index (χ0v) is 14.6. The molecular formula is C19H19N3O2S. The van der Waals surface area contributed by atoms with Crippen LogP contribution in [0.1, 0.15) is 6.92 Å². The van der Waals surface area contributed by atoms with E-state index in [0.29, 0.717) is 5.69 Å². The van der Waals surface area contributed by atoms with Gasteiger partial charge in [-0.15, -0.1) is 11.3 Å². The molecule has 6 heteroatoms. The number of carbonyl (C=O) groups is 1. The number of carbonyl (C=O) groups excluding carboxylic acids is 1. The number of aliphatic hydroxyl groups excluding tert-OH is 1. The number of nitrogens with two attached hydrogens (primary N) is 1. The van der Waals surface area contributed by atoms with Crippen LogP contribution in [0.5, 0.6) is 0 Å². The molecular weight excluding hydrogens is 334 g/mol. The highest BCUT2D eigenvalue weighted by molar-refractivity contribution is 7.13. The van der Waals surface area contributed by atoms with Gasteiger partial charge in [-0.05, 0) is 19.1 Å². The molecule has 0 bridgehead atoms. The Kier molecular flexibility index (Phi) is 4.94. The van der Waals surface area contributed by atoms with E-state index in [4.69, 9.17) is 10.8 Å². The van der Waals surface area contributed by atoms with Crippen LogP contribution in [0.2, 0.25) is 0 Å². The number of hydrogen-bond donors (Lipinski definition) is 3. The fourth-order valence-corrected chi connectivity index (χ4v) is 3.02. The Morgan fingerprint density at radius 2 is 1.84 bits per heavy atom. The van der Waals surface area contributed by atoms with Gasteiger partial charge in [-0.1, -0.05) is 42.5 Å². The van der Waals surface area contributed by atoms with Gasteiger partial charge in [-0.2, -0.15) is 0 Å². The molecule has 1 aromatic heterocycles. The Morgan fingerprint density at radius 3 is 2.48 bits per heavy atom. The van der Waals surface area contributed by atoms with Crippen LogP contribution in [0, 0.1) is 0 Å². The SMILES string of the molecule is CC(N)(CO)C(=O)Nc1ccc(-c2csc(-c3ccccc3)n2)cc1. The standard InChI is InChI=1S/C19H19N3O2S/c1-19(20,12-23)18(24)21-15-9-7-13(8-10-15)16-11-25-17(22-16)14-5-3-2-4-6-14/h2-11,23H,12,20H2,1H3,(H,21,24). The molecule has 0 aliphatic heterocycles. The summed E-state index contributed by atoms with van der Waals surface area (Å²) in [4.78, 5) is 16.6. The molecule has 0 aliphatic carbocycles. The Labute approximate surface area is 150 Å². The van der Waals surface area contributed by atoms with Gasteiger partial charge < -0.3 is 16.2 Å². The first-order valence-corrected chi connectivity index (χ1v) is 8.70. The summed E-state index contributed by atoms with van der Waals surface area (Å²) in [5.41, 5.74) is 7.98. The molecule has 4 N–H and O–H groups in total. The Morgan fingerprint density at radius 1 is 1.16 bits per heavy atom. The smallest absolute Gasteiger partial charge is 0.246 e. The first-order valence-electron chi connectivity index (χ1n) is 7.82. The third kappa shape index (κ3) is 3.93. The number of amides is 1. The molecule has 0 radical (unpaired) electrons. The maximum absolute atomic E-state index is 12.0. The number of aliphatic hydroxyl groups is 1. The highest BCUT2D eigenvalue weighted by atomic mass is 32.1. The second kappa shape index (κ2) is 7.14. The van der Waals surface area contributed by atoms with Crippen LogP contribution in [0.15, 0.2) is 60.0 Å². The van der Waals surface area contributed by atoms with Crippen LogP contribution in [-0.2, 0) is 4.79 Å². The van der Waals surface area contributed by atoms with Crippen LogP contribution in [0.4, 0.5) is 5.69 Å². The zero-order chi connectivity index (χ0) is 17.9. The molecule has 0 spiro atoms. The lowest BCUT2D eigenvalue weighted by atomic mass is 10.0. The van der Waals surface area contributed by atoms with E-state index in [9.17, 15) is 4.79 Å². The molecule has 0 saturated carbocycles. The van der Waals surface area contributed by atoms with Crippen molar-refractivity contribution in [1.82, 2.24) is 4.98 Å². The lowest BCUT2D eigenvalue weighted by Crippen LogP contribution is -2.51. The van der Waals surface area contributed by atoms with Gasteiger partial charge in [0.1, 0.15) is 10.5 Å². The number of rotatable bonds is 5. The Hall–Kier alpha value is -2.54. The van der Waals surface area contributed by atoms with Crippen molar-refractivity contribution in [3.8, 4) is 21.8 Å². The molecule has 3 aromatic rings. The molecule has 5 nitrogen and oxygen atoms in total. The number of thiazole rings is 1. The van der Waals surface area contributed by atoms with Crippen molar-refractivity contribution in [3.05, 3.63) is 60.0 Å². The molecule has 25 heavy (non-hydrogen) atoms. The number of anilines is 1. The number of nitrogens with one attached hydrogen (secondary N) is 1. The van der Waals surface area contributed by atoms with Gasteiger partial charge >= 0.3 is 0 Å². The molecule has 1 amide bonds. The predicted molar refractivity (Wildman–Crippen MR) is 101 cm³/mol. The molecule has 1 atom stereocenters. The fourth-order valence-electron chi connectivity index (χ4n) is 2.19. The third-order valence-electron chi connectivity index (χ3n) is 3.81. The highest BCUT2D eigenvalue weighted by Gasteiger charge is 2.27. The van der Waals surface area contributed by atoms with Gasteiger partial charge in [-0.25, -0.2) is 4.98 Å². The number of benzene rings is 2. The van der Waals surface area contributed by atoms with Crippen LogP contribution >= 0.6 is 11.3 Å². The van der Waals surface area contributed by atoms with Crippen molar-refractivity contribution in [3.63, 3.8) is 0 Å². The van der Waals surface area contributed by atoms with Crippen LogP contribution in [-0.4, -0.2) is 28.1 Å². The van der Waals surface area contributed by atoms with E-state index in [2.05, 4.69) is 10.3 Å². The van der Waals surface area contributed by atoms with Crippen molar-refractivity contribution in [1.29, 1.82) is 0 Å². The second-order valence-electron chi connectivity index (χ2n) is 6.01. The molecule has 0 saturated heterocycles. The maximum Gasteiger partial charge on any atom is 0.246 e. The summed E-state index contributed by atoms with van der Waals surface area (Å²) >= 11 is 1.59. The largest absolute Gasteiger partial charge is 0.394 e. The normalized spacial score (nSPS) is 13.2. The highest BCUT2D eigenvalue weighted by Crippen LogP contribution is 2.29. The maximum atomic E-state index is 12.0. The van der Waals surface area contributed by atoms with Crippen LogP contribution < -0.4 is 11.1 Å². The van der Waals surface area contributed by atoms with Crippen molar-refractivity contribution in [2.24, 2.45) is 5.73 Å². The van der Waals surface area contributed by atoms with E-state index in [0.717, 1.165) is 21.8 Å². The molecule has 0 aliphatic rings. The fraction of sp³-hybridized carbons (Fsp3) is 0.158. The molecule has 3 rings (SSSR count). The van der Waals surface area contributed by atoms with Gasteiger partial charge in [0, 0.05) is 22.2 Å². The molecule has 128 valence electrons. The van der Waals surface area contributed by atoms with Gasteiger partial charge in [0.15, 0.2) is 0 Å². The lowest BCUT2D eigenvalue weighted by molar-refractivity contribution is -0.121. The monoisotopic (exact) mass is 353 g/mol. The van der Waals surface area contributed by atoms with E-state index in [1.165, 1.54) is 6.92 Å². The molecule has 1 unspecified atom stereocenters. The van der Waals surface area contributed by atoms with E-state index in [-0.39, 0.29) is 0 Å². The summed E-state index contributed by atoms with van der Waals surface area (Å²) in [6, 6.07) is 17.4. The lowest BCUT2D eigenvalue weighted by Gasteiger charge is -2.20. The Balaban J connectivity index is 1.75. The van der Waals surface area contributed by atoms with Crippen molar-refractivity contribution < 1.29 is 9.90 Å². The average Bonchev–Trinajstić information content (AvgIpc) is 3.13. The van der Waals surface area contributed by atoms with Gasteiger partial charge in [0.2, 0.25) is 5.91 Å². The van der Waals surface area contributed by atoms with E-state index < -0.39 is 18.1 Å². The molecule has 1 heterocycles. The van der Waals surface area contributed by atoms with Crippen LogP contribution in [0.25, 0.3) is 21.8 Å². The summed E-state index contributed by atoms with van der Waals surface area (Å²) in [6.07, 6.45) is 0. The van der Waals surface area contributed by atoms with E-state index in [1.807, 2.05) is 47.8 Å². The first-order chi connectivity index (χ1) is 12.0. The third-order valence-corrected chi connectivity index (χ3v) is 4.70. The quantitative estimate of drug-likeness (QED) is 0.657. The number of aromatic nitrogens is 1. The minimum atomic E-state index is -1.31. The summed E-state index contributed by atoms with van der Waals surface area (Å²) < 4.78 is 0. The summed E-state index contributed by atoms with van der Waals surface area (Å²) in [5, 5.41) is 14.8. The van der Waals surface area contributed by atoms with Crippen molar-refractivity contribution >= 4 is 22.9 Å². The van der Waals surface area contributed by atoms with E-state index in [1.54, 1.807) is 23.5 Å². The minimum Gasteiger partial charge on any atom is -0.394 e. The predicted octanol–water partition coefficient (Wildman–Crippen LogP) is 3.13. The van der Waals surface area contributed by atoms with Crippen molar-refractivity contribution in [2.45, 2.75) is 12.5 Å². The summed E-state index contributed by atoms with van der Waals surface area (Å²) in [6.45, 7) is 1.06. The van der Waals surface area contributed by atoms with Gasteiger partial charge in [0.05, 0.1) is 12.3 Å². The van der Waals surface area contributed by atoms with Crippen LogP contribution in [0.3, 0.4) is 0 Å². The molecule has 0 fully saturated rings. The summed E-state index contributed by atoms with van der Waals surface area (Å²) in [5.74, 6) is -0.428. The number of nitrogens with zero attached hydrogens (tertiary/aromatic N) is 1. The van der Waals surface area contributed by atoms with Crippen molar-refractivity contribution in [2.75, 3.05) is 11.9 Å². The average molecular weight is 353 g/mol. The number of hydrogen-bond acceptors (Lipinski definition) is 5. The van der Waals surface area contributed by atoms with E-state index >= 15 is 0 Å². The van der Waals surface area contributed by atoms with Gasteiger partial charge in [0.25, 0.3) is 0 Å².